The van der Waals surface area contributed by atoms with Gasteiger partial charge in [0.2, 0.25) is 0 Å². The number of nitrogens with one attached hydrogen (secondary N) is 1. The van der Waals surface area contributed by atoms with Crippen LogP contribution in [0.15, 0.2) is 18.2 Å². The highest BCUT2D eigenvalue weighted by Gasteiger charge is 2.16. The first-order valence-corrected chi connectivity index (χ1v) is 9.88. The van der Waals surface area contributed by atoms with Crippen molar-refractivity contribution < 1.29 is 4.79 Å². The Hall–Kier alpha value is -2.61. The third-order valence-electron chi connectivity index (χ3n) is 4.92. The Labute approximate surface area is 162 Å². The van der Waals surface area contributed by atoms with Crippen molar-refractivity contribution in [1.29, 1.82) is 0 Å². The standard InChI is InChI=1S/C19H22N6OS/c1-12-14-5-3-4-6-15(14)22-18(21-12)10-20-19(26)25(2)11-13-7-8-16-17(9-13)24-27-23-16/h7-9H,3-6,10-11H2,1-2H3,(H,20,26). The topological polar surface area (TPSA) is 83.9 Å². The number of carbonyl (C=O) groups excluding carboxylic acids is 1. The molecular formula is C19H22N6OS. The summed E-state index contributed by atoms with van der Waals surface area (Å²) in [6.07, 6.45) is 4.46. The quantitative estimate of drug-likeness (QED) is 0.750. The Morgan fingerprint density at radius 1 is 1.19 bits per heavy atom. The summed E-state index contributed by atoms with van der Waals surface area (Å²) in [5, 5.41) is 2.92. The molecule has 0 bridgehead atoms. The van der Waals surface area contributed by atoms with Crippen LogP contribution in [0.4, 0.5) is 4.79 Å². The number of nitrogens with zero attached hydrogens (tertiary/aromatic N) is 5. The van der Waals surface area contributed by atoms with Gasteiger partial charge in [-0.15, -0.1) is 0 Å². The number of aryl methyl sites for hydroxylation is 2. The Bertz CT molecular complexity index is 985. The number of benzene rings is 1. The van der Waals surface area contributed by atoms with Crippen LogP contribution in [-0.4, -0.2) is 36.7 Å². The molecule has 0 spiro atoms. The number of hydrogen-bond acceptors (Lipinski definition) is 6. The third kappa shape index (κ3) is 3.90. The fraction of sp³-hybridized carbons (Fsp3) is 0.421. The molecule has 2 heterocycles. The summed E-state index contributed by atoms with van der Waals surface area (Å²) in [4.78, 5) is 23.3. The summed E-state index contributed by atoms with van der Waals surface area (Å²) in [6.45, 7) is 2.88. The summed E-state index contributed by atoms with van der Waals surface area (Å²) in [5.41, 5.74) is 6.26. The predicted molar refractivity (Wildman–Crippen MR) is 105 cm³/mol. The van der Waals surface area contributed by atoms with E-state index in [1.165, 1.54) is 30.1 Å². The van der Waals surface area contributed by atoms with E-state index in [1.54, 1.807) is 11.9 Å². The molecule has 7 nitrogen and oxygen atoms in total. The predicted octanol–water partition coefficient (Wildman–Crippen LogP) is 3.01. The van der Waals surface area contributed by atoms with Crippen molar-refractivity contribution in [1.82, 2.24) is 28.9 Å². The van der Waals surface area contributed by atoms with Gasteiger partial charge in [-0.05, 0) is 55.9 Å². The van der Waals surface area contributed by atoms with Crippen LogP contribution in [0.5, 0.6) is 0 Å². The molecule has 1 N–H and O–H groups in total. The van der Waals surface area contributed by atoms with Crippen LogP contribution < -0.4 is 5.32 Å². The summed E-state index contributed by atoms with van der Waals surface area (Å²) in [7, 11) is 1.78. The number of fused-ring (bicyclic) bond motifs is 2. The Kier molecular flexibility index (Phi) is 4.98. The van der Waals surface area contributed by atoms with Crippen LogP contribution >= 0.6 is 11.7 Å². The number of rotatable bonds is 4. The lowest BCUT2D eigenvalue weighted by Gasteiger charge is -2.19. The average Bonchev–Trinajstić information content (AvgIpc) is 3.14. The fourth-order valence-corrected chi connectivity index (χ4v) is 4.00. The zero-order valence-corrected chi connectivity index (χ0v) is 16.3. The third-order valence-corrected chi connectivity index (χ3v) is 5.48. The molecular weight excluding hydrogens is 360 g/mol. The summed E-state index contributed by atoms with van der Waals surface area (Å²) >= 11 is 1.20. The lowest BCUT2D eigenvalue weighted by molar-refractivity contribution is 0.206. The first-order valence-electron chi connectivity index (χ1n) is 9.15. The molecule has 0 saturated carbocycles. The zero-order valence-electron chi connectivity index (χ0n) is 15.5. The highest BCUT2D eigenvalue weighted by molar-refractivity contribution is 7.00. The summed E-state index contributed by atoms with van der Waals surface area (Å²) < 4.78 is 8.44. The van der Waals surface area contributed by atoms with Gasteiger partial charge in [-0.25, -0.2) is 14.8 Å². The highest BCUT2D eigenvalue weighted by atomic mass is 32.1. The minimum Gasteiger partial charge on any atom is -0.331 e. The van der Waals surface area contributed by atoms with Crippen LogP contribution in [0.3, 0.4) is 0 Å². The summed E-state index contributed by atoms with van der Waals surface area (Å²) in [5.74, 6) is 0.685. The number of urea groups is 1. The molecule has 140 valence electrons. The maximum atomic E-state index is 12.4. The van der Waals surface area contributed by atoms with Crippen LogP contribution in [-0.2, 0) is 25.9 Å². The maximum absolute atomic E-state index is 12.4. The van der Waals surface area contributed by atoms with Gasteiger partial charge in [0.1, 0.15) is 16.9 Å². The number of amides is 2. The van der Waals surface area contributed by atoms with Crippen molar-refractivity contribution in [3.63, 3.8) is 0 Å². The highest BCUT2D eigenvalue weighted by Crippen LogP contribution is 2.21. The van der Waals surface area contributed by atoms with E-state index in [9.17, 15) is 4.79 Å². The molecule has 1 aliphatic carbocycles. The van der Waals surface area contributed by atoms with Crippen molar-refractivity contribution in [3.05, 3.63) is 46.5 Å². The van der Waals surface area contributed by atoms with E-state index < -0.39 is 0 Å². The van der Waals surface area contributed by atoms with E-state index in [2.05, 4.69) is 24.0 Å². The largest absolute Gasteiger partial charge is 0.331 e. The SMILES string of the molecule is Cc1nc(CNC(=O)N(C)Cc2ccc3nsnc3c2)nc2c1CCCC2. The number of carbonyl (C=O) groups is 1. The Balaban J connectivity index is 1.37. The molecule has 2 amide bonds. The molecule has 0 fully saturated rings. The van der Waals surface area contributed by atoms with E-state index >= 15 is 0 Å². The molecule has 0 unspecified atom stereocenters. The van der Waals surface area contributed by atoms with E-state index in [0.717, 1.165) is 40.8 Å². The van der Waals surface area contributed by atoms with Gasteiger partial charge in [0.15, 0.2) is 0 Å². The van der Waals surface area contributed by atoms with Gasteiger partial charge in [-0.2, -0.15) is 8.75 Å². The van der Waals surface area contributed by atoms with Gasteiger partial charge < -0.3 is 10.2 Å². The van der Waals surface area contributed by atoms with Crippen LogP contribution in [0.25, 0.3) is 11.0 Å². The van der Waals surface area contributed by atoms with Crippen molar-refractivity contribution in [2.45, 2.75) is 45.7 Å². The van der Waals surface area contributed by atoms with Gasteiger partial charge in [0.25, 0.3) is 0 Å². The van der Waals surface area contributed by atoms with E-state index in [4.69, 9.17) is 0 Å². The molecule has 0 radical (unpaired) electrons. The van der Waals surface area contributed by atoms with Crippen LogP contribution in [0.2, 0.25) is 0 Å². The minimum atomic E-state index is -0.148. The molecule has 1 aromatic carbocycles. The van der Waals surface area contributed by atoms with Gasteiger partial charge in [0, 0.05) is 25.0 Å². The van der Waals surface area contributed by atoms with E-state index in [0.29, 0.717) is 18.9 Å². The molecule has 0 aliphatic heterocycles. The lowest BCUT2D eigenvalue weighted by atomic mass is 9.95. The summed E-state index contributed by atoms with van der Waals surface area (Å²) in [6, 6.07) is 5.73. The molecule has 1 aliphatic rings. The number of hydrogen-bond donors (Lipinski definition) is 1. The van der Waals surface area contributed by atoms with Crippen LogP contribution in [0, 0.1) is 6.92 Å². The number of aromatic nitrogens is 4. The molecule has 3 aromatic rings. The van der Waals surface area contributed by atoms with E-state index in [1.807, 2.05) is 25.1 Å². The van der Waals surface area contributed by atoms with Gasteiger partial charge in [-0.3, -0.25) is 0 Å². The second kappa shape index (κ2) is 7.56. The second-order valence-corrected chi connectivity index (χ2v) is 7.49. The molecule has 0 atom stereocenters. The normalized spacial score (nSPS) is 13.4. The first-order chi connectivity index (χ1) is 13.1. The van der Waals surface area contributed by atoms with Gasteiger partial charge in [-0.1, -0.05) is 6.07 Å². The van der Waals surface area contributed by atoms with Crippen LogP contribution in [0.1, 0.15) is 41.2 Å². The maximum Gasteiger partial charge on any atom is 0.317 e. The minimum absolute atomic E-state index is 0.148. The van der Waals surface area contributed by atoms with E-state index in [-0.39, 0.29) is 6.03 Å². The first kappa shape index (κ1) is 17.8. The Morgan fingerprint density at radius 2 is 2.00 bits per heavy atom. The molecule has 4 rings (SSSR count). The molecule has 8 heteroatoms. The molecule has 0 saturated heterocycles. The Morgan fingerprint density at radius 3 is 2.89 bits per heavy atom. The lowest BCUT2D eigenvalue weighted by Crippen LogP contribution is -2.36. The fourth-order valence-electron chi connectivity index (χ4n) is 3.48. The van der Waals surface area contributed by atoms with Crippen molar-refractivity contribution in [2.24, 2.45) is 0 Å². The van der Waals surface area contributed by atoms with Gasteiger partial charge in [0.05, 0.1) is 18.3 Å². The zero-order chi connectivity index (χ0) is 18.8. The van der Waals surface area contributed by atoms with Crippen molar-refractivity contribution in [2.75, 3.05) is 7.05 Å². The monoisotopic (exact) mass is 382 g/mol. The van der Waals surface area contributed by atoms with Crippen molar-refractivity contribution >= 4 is 28.8 Å². The second-order valence-electron chi connectivity index (χ2n) is 6.96. The van der Waals surface area contributed by atoms with Gasteiger partial charge >= 0.3 is 6.03 Å². The van der Waals surface area contributed by atoms with Crippen molar-refractivity contribution in [3.8, 4) is 0 Å². The average molecular weight is 382 g/mol. The smallest absolute Gasteiger partial charge is 0.317 e. The molecule has 27 heavy (non-hydrogen) atoms. The molecule has 2 aromatic heterocycles.